The molecule has 302 valence electrons. The number of rotatable bonds is 12. The highest BCUT2D eigenvalue weighted by Gasteiger charge is 2.47. The average Bonchev–Trinajstić information content (AvgIpc) is 3.10. The van der Waals surface area contributed by atoms with E-state index >= 15 is 0 Å². The first-order valence-corrected chi connectivity index (χ1v) is 20.4. The number of nitrogens with zero attached hydrogens (tertiary/aromatic N) is 4. The van der Waals surface area contributed by atoms with Crippen LogP contribution in [-0.4, -0.2) is 124 Å². The van der Waals surface area contributed by atoms with Crippen molar-refractivity contribution in [3.05, 3.63) is 63.3 Å². The second-order valence-corrected chi connectivity index (χ2v) is 17.5. The van der Waals surface area contributed by atoms with E-state index < -0.39 is 27.6 Å². The number of carboxylic acids is 1. The number of halogens is 2. The number of piperazine rings is 1. The van der Waals surface area contributed by atoms with Crippen LogP contribution in [0.3, 0.4) is 0 Å². The Balaban J connectivity index is 0.00000160. The molecule has 2 amide bonds. The minimum absolute atomic E-state index is 0.102. The summed E-state index contributed by atoms with van der Waals surface area (Å²) >= 11 is 13.3. The number of aromatic nitrogens is 1. The standard InChI is InChI=1S/C36H49Cl2N6O6S.C2H4O2/c1-24-22-25(2)40-33-26(24)8-6-10-30(33)50-23-27-28(37)11-12-31(32(27)38)51(47,48)41-36(13-20-49-21-14-36)35(46)43-17-15-42(16-18-43)34(45)29(39)9-7-19-44(3,4)5;1-2(3)4/h6,8,10-12,22,29,41H,7,9,13-21,23,39H2,1-5H3;1H3,(H,3,4)/q+1;/p-1/t29-;/m0./s1. The maximum absolute atomic E-state index is 14.2. The molecule has 0 bridgehead atoms. The highest BCUT2D eigenvalue weighted by molar-refractivity contribution is 7.89. The molecule has 2 aromatic carbocycles. The van der Waals surface area contributed by atoms with Crippen molar-refractivity contribution < 1.29 is 41.9 Å². The highest BCUT2D eigenvalue weighted by Crippen LogP contribution is 2.35. The maximum Gasteiger partial charge on any atom is 0.244 e. The molecular weight excluding hydrogens is 771 g/mol. The summed E-state index contributed by atoms with van der Waals surface area (Å²) in [5.41, 5.74) is 7.63. The van der Waals surface area contributed by atoms with E-state index in [1.807, 2.05) is 32.0 Å². The molecule has 14 nitrogen and oxygen atoms in total. The summed E-state index contributed by atoms with van der Waals surface area (Å²) in [6.45, 7) is 7.19. The minimum atomic E-state index is -4.35. The number of carboxylic acid groups (broad SMARTS) is 1. The van der Waals surface area contributed by atoms with Crippen molar-refractivity contribution in [3.63, 3.8) is 0 Å². The van der Waals surface area contributed by atoms with E-state index in [-0.39, 0.29) is 78.1 Å². The van der Waals surface area contributed by atoms with Crippen molar-refractivity contribution in [2.45, 2.75) is 69.5 Å². The second kappa shape index (κ2) is 18.6. The van der Waals surface area contributed by atoms with E-state index in [0.717, 1.165) is 41.0 Å². The molecule has 3 N–H and O–H groups in total. The number of quaternary nitrogens is 1. The monoisotopic (exact) mass is 822 g/mol. The van der Waals surface area contributed by atoms with E-state index in [1.54, 1.807) is 15.9 Å². The fourth-order valence-electron chi connectivity index (χ4n) is 6.71. The molecule has 0 radical (unpaired) electrons. The first kappa shape index (κ1) is 44.1. The summed E-state index contributed by atoms with van der Waals surface area (Å²) in [5.74, 6) is -1.08. The quantitative estimate of drug-likeness (QED) is 0.258. The van der Waals surface area contributed by atoms with Crippen LogP contribution in [0.5, 0.6) is 5.75 Å². The minimum Gasteiger partial charge on any atom is -0.550 e. The van der Waals surface area contributed by atoms with Gasteiger partial charge in [-0.3, -0.25) is 9.59 Å². The van der Waals surface area contributed by atoms with Crippen molar-refractivity contribution in [1.29, 1.82) is 0 Å². The number of hydrogen-bond donors (Lipinski definition) is 2. The molecule has 2 aliphatic rings. The highest BCUT2D eigenvalue weighted by atomic mass is 35.5. The number of aryl methyl sites for hydroxylation is 2. The predicted octanol–water partition coefficient (Wildman–Crippen LogP) is 2.81. The average molecular weight is 824 g/mol. The summed E-state index contributed by atoms with van der Waals surface area (Å²) in [6, 6.07) is 9.78. The van der Waals surface area contributed by atoms with Gasteiger partial charge >= 0.3 is 0 Å². The number of ether oxygens (including phenoxy) is 2. The first-order valence-electron chi connectivity index (χ1n) is 18.1. The Morgan fingerprint density at radius 2 is 1.67 bits per heavy atom. The van der Waals surface area contributed by atoms with Crippen LogP contribution in [0.4, 0.5) is 0 Å². The molecule has 2 fully saturated rings. The fraction of sp³-hybridized carbons (Fsp3) is 0.526. The number of fused-ring (bicyclic) bond motifs is 1. The van der Waals surface area contributed by atoms with Crippen LogP contribution in [0.15, 0.2) is 41.3 Å². The summed E-state index contributed by atoms with van der Waals surface area (Å²) in [6.07, 6.45) is 1.68. The third-order valence-corrected chi connectivity index (χ3v) is 12.1. The number of para-hydroxylation sites is 1. The van der Waals surface area contributed by atoms with Gasteiger partial charge in [-0.05, 0) is 76.3 Å². The van der Waals surface area contributed by atoms with Gasteiger partial charge in [-0.15, -0.1) is 0 Å². The van der Waals surface area contributed by atoms with Gasteiger partial charge in [0, 0.05) is 67.0 Å². The van der Waals surface area contributed by atoms with Gasteiger partial charge in [0.25, 0.3) is 0 Å². The molecule has 2 saturated heterocycles. The zero-order valence-electron chi connectivity index (χ0n) is 32.3. The van der Waals surface area contributed by atoms with E-state index in [2.05, 4.69) is 30.8 Å². The van der Waals surface area contributed by atoms with Gasteiger partial charge in [0.15, 0.2) is 0 Å². The van der Waals surface area contributed by atoms with Gasteiger partial charge in [0.1, 0.15) is 28.3 Å². The number of aliphatic carboxylic acids is 1. The lowest BCUT2D eigenvalue weighted by molar-refractivity contribution is -0.870. The zero-order valence-corrected chi connectivity index (χ0v) is 34.7. The Bertz CT molecular complexity index is 1970. The van der Waals surface area contributed by atoms with Crippen LogP contribution in [-0.2, 0) is 35.8 Å². The lowest BCUT2D eigenvalue weighted by Gasteiger charge is -2.43. The van der Waals surface area contributed by atoms with Crippen LogP contribution in [0.1, 0.15) is 49.4 Å². The lowest BCUT2D eigenvalue weighted by Crippen LogP contribution is -2.64. The van der Waals surface area contributed by atoms with Crippen molar-refractivity contribution in [3.8, 4) is 5.75 Å². The van der Waals surface area contributed by atoms with E-state index in [1.165, 1.54) is 12.1 Å². The van der Waals surface area contributed by atoms with Crippen molar-refractivity contribution >= 4 is 61.9 Å². The molecule has 0 spiro atoms. The van der Waals surface area contributed by atoms with Crippen LogP contribution < -0.4 is 20.3 Å². The van der Waals surface area contributed by atoms with Crippen LogP contribution >= 0.6 is 23.2 Å². The van der Waals surface area contributed by atoms with Gasteiger partial charge < -0.3 is 39.4 Å². The normalized spacial score (nSPS) is 16.6. The Labute approximate surface area is 333 Å². The second-order valence-electron chi connectivity index (χ2n) is 15.0. The van der Waals surface area contributed by atoms with E-state index in [9.17, 15) is 18.0 Å². The summed E-state index contributed by atoms with van der Waals surface area (Å²) in [7, 11) is 1.94. The molecular formula is C38H52Cl2N6O8S. The molecule has 0 unspecified atom stereocenters. The Hall–Kier alpha value is -3.57. The molecule has 2 aliphatic heterocycles. The van der Waals surface area contributed by atoms with E-state index in [0.29, 0.717) is 30.8 Å². The summed E-state index contributed by atoms with van der Waals surface area (Å²) in [5, 5.41) is 9.96. The summed E-state index contributed by atoms with van der Waals surface area (Å²) in [4.78, 5) is 43.9. The number of carbonyl (C=O) groups excluding carboxylic acids is 3. The van der Waals surface area contributed by atoms with Crippen molar-refractivity contribution in [2.75, 3.05) is 67.1 Å². The van der Waals surface area contributed by atoms with Gasteiger partial charge in [-0.2, -0.15) is 4.72 Å². The molecule has 3 heterocycles. The third-order valence-electron chi connectivity index (χ3n) is 9.57. The SMILES string of the molecule is CC(=O)[O-].Cc1cc(C)c2cccc(OCc3c(Cl)ccc(S(=O)(=O)NC4(C(=O)N5CCN(C(=O)[C@@H](N)CCC[N+](C)(C)C)CC5)CCOCC4)c3Cl)c2n1. The number of sulfonamides is 1. The molecule has 17 heteroatoms. The Morgan fingerprint density at radius 1 is 1.05 bits per heavy atom. The number of nitrogens with one attached hydrogen (secondary N) is 1. The molecule has 1 atom stereocenters. The molecule has 0 aliphatic carbocycles. The van der Waals surface area contributed by atoms with Gasteiger partial charge in [0.05, 0.1) is 38.8 Å². The molecule has 55 heavy (non-hydrogen) atoms. The van der Waals surface area contributed by atoms with Crippen LogP contribution in [0.25, 0.3) is 10.9 Å². The molecule has 1 aromatic heterocycles. The zero-order chi connectivity index (χ0) is 40.7. The number of carbonyl (C=O) groups is 3. The maximum atomic E-state index is 14.2. The van der Waals surface area contributed by atoms with Gasteiger partial charge in [-0.1, -0.05) is 35.3 Å². The lowest BCUT2D eigenvalue weighted by atomic mass is 9.89. The predicted molar refractivity (Wildman–Crippen MR) is 209 cm³/mol. The third kappa shape index (κ3) is 11.5. The first-order chi connectivity index (χ1) is 25.7. The topological polar surface area (TPSA) is 184 Å². The number of amides is 2. The Kier molecular flexibility index (Phi) is 14.9. The largest absolute Gasteiger partial charge is 0.550 e. The van der Waals surface area contributed by atoms with Crippen molar-refractivity contribution in [1.82, 2.24) is 19.5 Å². The van der Waals surface area contributed by atoms with Gasteiger partial charge in [-0.25, -0.2) is 13.4 Å². The molecule has 5 rings (SSSR count). The van der Waals surface area contributed by atoms with Crippen LogP contribution in [0.2, 0.25) is 10.0 Å². The smallest absolute Gasteiger partial charge is 0.244 e. The Morgan fingerprint density at radius 3 is 2.29 bits per heavy atom. The number of benzene rings is 2. The van der Waals surface area contributed by atoms with Gasteiger partial charge in [0.2, 0.25) is 21.8 Å². The van der Waals surface area contributed by atoms with E-state index in [4.69, 9.17) is 48.3 Å². The molecule has 0 saturated carbocycles. The van der Waals surface area contributed by atoms with Crippen molar-refractivity contribution in [2.24, 2.45) is 5.73 Å². The fourth-order valence-corrected chi connectivity index (χ4v) is 9.01. The summed E-state index contributed by atoms with van der Waals surface area (Å²) < 4.78 is 43.4. The van der Waals surface area contributed by atoms with Crippen LogP contribution in [0, 0.1) is 13.8 Å². The molecule has 3 aromatic rings. The number of nitrogens with two attached hydrogens (primary N) is 1. The number of pyridine rings is 1. The number of hydrogen-bond acceptors (Lipinski definition) is 10.